The van der Waals surface area contributed by atoms with Gasteiger partial charge in [-0.1, -0.05) is 6.07 Å². The SMILES string of the molecule is COc1cccc(F)c1C(O)C(O)CN. The monoisotopic (exact) mass is 215 g/mol. The minimum absolute atomic E-state index is 0.0713. The lowest BCUT2D eigenvalue weighted by atomic mass is 10.0. The van der Waals surface area contributed by atoms with Crippen LogP contribution in [0.15, 0.2) is 18.2 Å². The second-order valence-electron chi connectivity index (χ2n) is 3.10. The fourth-order valence-electron chi connectivity index (χ4n) is 1.30. The molecule has 5 heteroatoms. The minimum Gasteiger partial charge on any atom is -0.496 e. The average Bonchev–Trinajstić information content (AvgIpc) is 2.26. The Bertz CT molecular complexity index is 332. The van der Waals surface area contributed by atoms with Crippen LogP contribution in [0.2, 0.25) is 0 Å². The zero-order valence-electron chi connectivity index (χ0n) is 8.35. The lowest BCUT2D eigenvalue weighted by Crippen LogP contribution is -2.28. The van der Waals surface area contributed by atoms with E-state index >= 15 is 0 Å². The van der Waals surface area contributed by atoms with Gasteiger partial charge in [0.1, 0.15) is 17.7 Å². The Labute approximate surface area is 87.1 Å². The summed E-state index contributed by atoms with van der Waals surface area (Å²) in [5.74, 6) is -0.440. The summed E-state index contributed by atoms with van der Waals surface area (Å²) in [5.41, 5.74) is 5.11. The second kappa shape index (κ2) is 5.06. The van der Waals surface area contributed by atoms with Crippen LogP contribution in [0.25, 0.3) is 0 Å². The van der Waals surface area contributed by atoms with Crippen molar-refractivity contribution in [1.82, 2.24) is 0 Å². The van der Waals surface area contributed by atoms with E-state index in [1.807, 2.05) is 0 Å². The second-order valence-corrected chi connectivity index (χ2v) is 3.10. The third-order valence-electron chi connectivity index (χ3n) is 2.13. The molecule has 0 aliphatic carbocycles. The lowest BCUT2D eigenvalue weighted by molar-refractivity contribution is 0.0207. The van der Waals surface area contributed by atoms with Crippen LogP contribution in [-0.2, 0) is 0 Å². The third-order valence-corrected chi connectivity index (χ3v) is 2.13. The molecule has 15 heavy (non-hydrogen) atoms. The minimum atomic E-state index is -1.38. The summed E-state index contributed by atoms with van der Waals surface area (Å²) in [4.78, 5) is 0. The van der Waals surface area contributed by atoms with Crippen LogP contribution >= 0.6 is 0 Å². The number of benzene rings is 1. The molecule has 0 aliphatic rings. The first-order valence-corrected chi connectivity index (χ1v) is 4.50. The Balaban J connectivity index is 3.10. The van der Waals surface area contributed by atoms with Gasteiger partial charge in [-0.05, 0) is 12.1 Å². The van der Waals surface area contributed by atoms with Gasteiger partial charge in [-0.15, -0.1) is 0 Å². The smallest absolute Gasteiger partial charge is 0.132 e. The number of hydrogen-bond donors (Lipinski definition) is 3. The quantitative estimate of drug-likeness (QED) is 0.670. The molecule has 0 saturated carbocycles. The highest BCUT2D eigenvalue weighted by atomic mass is 19.1. The number of hydrogen-bond acceptors (Lipinski definition) is 4. The maximum absolute atomic E-state index is 13.4. The number of aliphatic hydroxyl groups is 2. The summed E-state index contributed by atoms with van der Waals surface area (Å²) in [7, 11) is 1.36. The highest BCUT2D eigenvalue weighted by Gasteiger charge is 2.23. The summed E-state index contributed by atoms with van der Waals surface area (Å²) in [5, 5.41) is 19.0. The molecule has 84 valence electrons. The highest BCUT2D eigenvalue weighted by molar-refractivity contribution is 5.36. The Morgan fingerprint density at radius 2 is 2.13 bits per heavy atom. The van der Waals surface area contributed by atoms with Gasteiger partial charge in [0.25, 0.3) is 0 Å². The van der Waals surface area contributed by atoms with Crippen LogP contribution in [-0.4, -0.2) is 30.0 Å². The Morgan fingerprint density at radius 3 is 2.67 bits per heavy atom. The van der Waals surface area contributed by atoms with Crippen molar-refractivity contribution in [2.45, 2.75) is 12.2 Å². The van der Waals surface area contributed by atoms with Crippen molar-refractivity contribution < 1.29 is 19.3 Å². The number of aliphatic hydroxyl groups excluding tert-OH is 2. The van der Waals surface area contributed by atoms with E-state index in [-0.39, 0.29) is 17.9 Å². The predicted molar refractivity (Wildman–Crippen MR) is 53.0 cm³/mol. The zero-order chi connectivity index (χ0) is 11.4. The molecular formula is C10H14FNO3. The number of halogens is 1. The van der Waals surface area contributed by atoms with E-state index < -0.39 is 18.0 Å². The van der Waals surface area contributed by atoms with Gasteiger partial charge in [0.15, 0.2) is 0 Å². The van der Waals surface area contributed by atoms with Crippen molar-refractivity contribution in [1.29, 1.82) is 0 Å². The van der Waals surface area contributed by atoms with Crippen molar-refractivity contribution in [3.8, 4) is 5.75 Å². The summed E-state index contributed by atoms with van der Waals surface area (Å²) in [6.07, 6.45) is -2.60. The largest absolute Gasteiger partial charge is 0.496 e. The van der Waals surface area contributed by atoms with Crippen LogP contribution in [0.5, 0.6) is 5.75 Å². The number of rotatable bonds is 4. The van der Waals surface area contributed by atoms with Crippen molar-refractivity contribution in [2.24, 2.45) is 5.73 Å². The molecule has 4 N–H and O–H groups in total. The summed E-state index contributed by atoms with van der Waals surface area (Å²) >= 11 is 0. The van der Waals surface area contributed by atoms with Gasteiger partial charge in [0, 0.05) is 6.54 Å². The van der Waals surface area contributed by atoms with Gasteiger partial charge < -0.3 is 20.7 Å². The number of methoxy groups -OCH3 is 1. The molecule has 2 unspecified atom stereocenters. The van der Waals surface area contributed by atoms with E-state index in [1.54, 1.807) is 0 Å². The first-order chi connectivity index (χ1) is 7.11. The van der Waals surface area contributed by atoms with Crippen molar-refractivity contribution in [3.63, 3.8) is 0 Å². The molecular weight excluding hydrogens is 201 g/mol. The van der Waals surface area contributed by atoms with Crippen LogP contribution in [0.1, 0.15) is 11.7 Å². The fraction of sp³-hybridized carbons (Fsp3) is 0.400. The van der Waals surface area contributed by atoms with Crippen LogP contribution < -0.4 is 10.5 Å². The molecule has 2 atom stereocenters. The zero-order valence-corrected chi connectivity index (χ0v) is 8.35. The molecule has 0 amide bonds. The molecule has 1 rings (SSSR count). The average molecular weight is 215 g/mol. The van der Waals surface area contributed by atoms with Gasteiger partial charge in [-0.3, -0.25) is 0 Å². The molecule has 0 aliphatic heterocycles. The van der Waals surface area contributed by atoms with Gasteiger partial charge in [0.05, 0.1) is 18.8 Å². The van der Waals surface area contributed by atoms with Crippen LogP contribution in [0.3, 0.4) is 0 Å². The van der Waals surface area contributed by atoms with Crippen LogP contribution in [0, 0.1) is 5.82 Å². The maximum atomic E-state index is 13.4. The maximum Gasteiger partial charge on any atom is 0.132 e. The first kappa shape index (κ1) is 11.9. The highest BCUT2D eigenvalue weighted by Crippen LogP contribution is 2.29. The van der Waals surface area contributed by atoms with Gasteiger partial charge >= 0.3 is 0 Å². The standard InChI is InChI=1S/C10H14FNO3/c1-15-8-4-2-3-6(11)9(8)10(14)7(13)5-12/h2-4,7,10,13-14H,5,12H2,1H3. The topological polar surface area (TPSA) is 75.7 Å². The molecule has 0 spiro atoms. The number of nitrogens with two attached hydrogens (primary N) is 1. The normalized spacial score (nSPS) is 14.7. The molecule has 0 fully saturated rings. The van der Waals surface area contributed by atoms with E-state index in [2.05, 4.69) is 0 Å². The fourth-order valence-corrected chi connectivity index (χ4v) is 1.30. The molecule has 0 saturated heterocycles. The van der Waals surface area contributed by atoms with E-state index in [4.69, 9.17) is 10.5 Å². The summed E-state index contributed by atoms with van der Waals surface area (Å²) in [6, 6.07) is 4.15. The molecule has 0 heterocycles. The van der Waals surface area contributed by atoms with Crippen molar-refractivity contribution >= 4 is 0 Å². The van der Waals surface area contributed by atoms with Crippen molar-refractivity contribution in [2.75, 3.05) is 13.7 Å². The van der Waals surface area contributed by atoms with Gasteiger partial charge in [-0.25, -0.2) is 4.39 Å². The van der Waals surface area contributed by atoms with E-state index in [1.165, 1.54) is 25.3 Å². The number of ether oxygens (including phenoxy) is 1. The Morgan fingerprint density at radius 1 is 1.47 bits per heavy atom. The third kappa shape index (κ3) is 2.44. The van der Waals surface area contributed by atoms with E-state index in [0.717, 1.165) is 0 Å². The summed E-state index contributed by atoms with van der Waals surface area (Å²) < 4.78 is 18.3. The molecule has 1 aromatic carbocycles. The molecule has 4 nitrogen and oxygen atoms in total. The summed E-state index contributed by atoms with van der Waals surface area (Å²) in [6.45, 7) is -0.154. The predicted octanol–water partition coefficient (Wildman–Crippen LogP) is 0.187. The van der Waals surface area contributed by atoms with E-state index in [0.29, 0.717) is 0 Å². The molecule has 1 aromatic rings. The Hall–Kier alpha value is -1.17. The van der Waals surface area contributed by atoms with Gasteiger partial charge in [0.2, 0.25) is 0 Å². The van der Waals surface area contributed by atoms with Gasteiger partial charge in [-0.2, -0.15) is 0 Å². The molecule has 0 aromatic heterocycles. The Kier molecular flexibility index (Phi) is 4.02. The lowest BCUT2D eigenvalue weighted by Gasteiger charge is -2.19. The first-order valence-electron chi connectivity index (χ1n) is 4.50. The van der Waals surface area contributed by atoms with E-state index in [9.17, 15) is 14.6 Å². The molecule has 0 bridgehead atoms. The van der Waals surface area contributed by atoms with Crippen LogP contribution in [0.4, 0.5) is 4.39 Å². The van der Waals surface area contributed by atoms with Crippen molar-refractivity contribution in [3.05, 3.63) is 29.6 Å². The molecule has 0 radical (unpaired) electrons.